The Hall–Kier alpha value is -3.26. The molecule has 0 atom stereocenters. The van der Waals surface area contributed by atoms with Gasteiger partial charge in [-0.1, -0.05) is 27.7 Å². The number of aromatic nitrogens is 2. The molecule has 1 aliphatic heterocycles. The molecule has 3 N–H and O–H groups in total. The molecule has 0 spiro atoms. The molecule has 0 fully saturated rings. The molecule has 1 aliphatic carbocycles. The van der Waals surface area contributed by atoms with Crippen LogP contribution in [0.1, 0.15) is 67.5 Å². The van der Waals surface area contributed by atoms with Gasteiger partial charge in [-0.05, 0) is 67.5 Å². The van der Waals surface area contributed by atoms with Gasteiger partial charge in [-0.3, -0.25) is 4.79 Å². The average molecular weight is 484 g/mol. The molecule has 0 amide bonds. The Bertz CT molecular complexity index is 1340. The van der Waals surface area contributed by atoms with E-state index in [4.69, 9.17) is 15.8 Å². The van der Waals surface area contributed by atoms with Crippen molar-refractivity contribution >= 4 is 17.1 Å². The van der Waals surface area contributed by atoms with Crippen LogP contribution in [0.15, 0.2) is 16.9 Å². The van der Waals surface area contributed by atoms with Crippen LogP contribution in [-0.2, 0) is 30.7 Å². The fourth-order valence-electron chi connectivity index (χ4n) is 4.74. The molecule has 0 saturated heterocycles. The van der Waals surface area contributed by atoms with Crippen LogP contribution in [-0.4, -0.2) is 26.9 Å². The minimum absolute atomic E-state index is 0.250. The summed E-state index contributed by atoms with van der Waals surface area (Å²) in [5, 5.41) is 9.80. The highest BCUT2D eigenvalue weighted by molar-refractivity contribution is 5.92. The Kier molecular flexibility index (Phi) is 7.95. The summed E-state index contributed by atoms with van der Waals surface area (Å²) in [6.07, 6.45) is 1.22. The first kappa shape index (κ1) is 26.3. The molecule has 3 aromatic rings. The van der Waals surface area contributed by atoms with Crippen LogP contribution >= 0.6 is 0 Å². The van der Waals surface area contributed by atoms with Gasteiger partial charge in [-0.25, -0.2) is 14.2 Å². The van der Waals surface area contributed by atoms with Crippen LogP contribution in [0.25, 0.3) is 22.3 Å². The van der Waals surface area contributed by atoms with Crippen molar-refractivity contribution in [2.75, 3.05) is 0 Å². The van der Waals surface area contributed by atoms with Gasteiger partial charge in [0.15, 0.2) is 0 Å². The Morgan fingerprint density at radius 3 is 2.46 bits per heavy atom. The summed E-state index contributed by atoms with van der Waals surface area (Å²) in [4.78, 5) is 28.6. The molecular formula is C27H34FN3O4. The zero-order valence-corrected chi connectivity index (χ0v) is 21.3. The van der Waals surface area contributed by atoms with E-state index in [9.17, 15) is 14.0 Å². The van der Waals surface area contributed by atoms with Crippen molar-refractivity contribution < 1.29 is 19.0 Å². The molecule has 3 heterocycles. The maximum atomic E-state index is 14.5. The Morgan fingerprint density at radius 2 is 1.83 bits per heavy atom. The van der Waals surface area contributed by atoms with E-state index in [1.54, 1.807) is 11.5 Å². The topological polar surface area (TPSA) is 107 Å². The molecule has 2 aliphatic rings. The van der Waals surface area contributed by atoms with Gasteiger partial charge in [-0.2, -0.15) is 0 Å². The van der Waals surface area contributed by atoms with E-state index >= 15 is 0 Å². The molecular weight excluding hydrogens is 449 g/mol. The molecule has 188 valence electrons. The van der Waals surface area contributed by atoms with E-state index < -0.39 is 6.16 Å². The fraction of sp³-hybridized carbons (Fsp3) is 0.444. The van der Waals surface area contributed by atoms with E-state index in [-0.39, 0.29) is 18.0 Å². The molecule has 35 heavy (non-hydrogen) atoms. The van der Waals surface area contributed by atoms with Crippen LogP contribution < -0.4 is 11.3 Å². The molecule has 7 nitrogen and oxygen atoms in total. The largest absolute Gasteiger partial charge is 0.506 e. The van der Waals surface area contributed by atoms with Gasteiger partial charge in [0, 0.05) is 17.0 Å². The number of fused-ring (bicyclic) bond motifs is 4. The third-order valence-corrected chi connectivity index (χ3v) is 6.19. The van der Waals surface area contributed by atoms with Gasteiger partial charge in [0.2, 0.25) is 0 Å². The van der Waals surface area contributed by atoms with Crippen LogP contribution in [0, 0.1) is 19.7 Å². The average Bonchev–Trinajstić information content (AvgIpc) is 3.17. The van der Waals surface area contributed by atoms with E-state index in [0.29, 0.717) is 40.5 Å². The minimum Gasteiger partial charge on any atom is -0.450 e. The molecule has 0 saturated carbocycles. The minimum atomic E-state index is -1.42. The quantitative estimate of drug-likeness (QED) is 0.377. The highest BCUT2D eigenvalue weighted by atomic mass is 19.1. The van der Waals surface area contributed by atoms with Gasteiger partial charge >= 0.3 is 6.16 Å². The maximum absolute atomic E-state index is 14.5. The molecule has 5 rings (SSSR count). The predicted molar refractivity (Wildman–Crippen MR) is 135 cm³/mol. The second-order valence-electron chi connectivity index (χ2n) is 9.01. The number of nitrogens with two attached hydrogens (primary N) is 1. The second kappa shape index (κ2) is 10.6. The number of carbonyl (C=O) groups is 1. The summed E-state index contributed by atoms with van der Waals surface area (Å²) < 4.78 is 20.7. The Labute approximate surface area is 204 Å². The first-order valence-corrected chi connectivity index (χ1v) is 12.1. The monoisotopic (exact) mass is 483 g/mol. The number of halogens is 1. The van der Waals surface area contributed by atoms with Crippen molar-refractivity contribution in [2.45, 2.75) is 80.0 Å². The summed E-state index contributed by atoms with van der Waals surface area (Å²) in [5.74, 6) is -0.250. The number of aryl methyl sites for hydroxylation is 3. The summed E-state index contributed by atoms with van der Waals surface area (Å²) in [6, 6.07) is 3.67. The number of carboxylic acid groups (broad SMARTS) is 1. The number of hydrogen-bond acceptors (Lipinski definition) is 5. The van der Waals surface area contributed by atoms with Crippen LogP contribution in [0.5, 0.6) is 0 Å². The summed E-state index contributed by atoms with van der Waals surface area (Å²) in [7, 11) is 0. The molecule has 0 bridgehead atoms. The van der Waals surface area contributed by atoms with Crippen molar-refractivity contribution in [1.29, 1.82) is 0 Å². The van der Waals surface area contributed by atoms with Gasteiger partial charge < -0.3 is 20.1 Å². The molecule has 0 unspecified atom stereocenters. The third-order valence-electron chi connectivity index (χ3n) is 6.19. The van der Waals surface area contributed by atoms with Crippen molar-refractivity contribution in [3.63, 3.8) is 0 Å². The van der Waals surface area contributed by atoms with Gasteiger partial charge in [0.1, 0.15) is 12.4 Å². The number of rotatable bonds is 2. The second-order valence-corrected chi connectivity index (χ2v) is 9.01. The molecule has 0 radical (unpaired) electrons. The third kappa shape index (κ3) is 4.93. The first-order chi connectivity index (χ1) is 16.6. The van der Waals surface area contributed by atoms with Crippen LogP contribution in [0.3, 0.4) is 0 Å². The zero-order chi connectivity index (χ0) is 26.0. The normalized spacial score (nSPS) is 12.8. The van der Waals surface area contributed by atoms with Gasteiger partial charge in [-0.15, -0.1) is 0 Å². The molecule has 1 aromatic carbocycles. The molecule has 8 heteroatoms. The number of hydrogen-bond donors (Lipinski definition) is 2. The number of nitrogens with zero attached hydrogens (tertiary/aromatic N) is 2. The predicted octanol–water partition coefficient (Wildman–Crippen LogP) is 5.24. The van der Waals surface area contributed by atoms with Crippen molar-refractivity contribution in [1.82, 2.24) is 9.55 Å². The number of ether oxygens (including phenoxy) is 1. The summed E-state index contributed by atoms with van der Waals surface area (Å²) >= 11 is 0. The molecule has 2 aromatic heterocycles. The fourth-order valence-corrected chi connectivity index (χ4v) is 4.74. The number of pyridine rings is 2. The van der Waals surface area contributed by atoms with E-state index in [1.165, 1.54) is 6.07 Å². The van der Waals surface area contributed by atoms with E-state index in [0.717, 1.165) is 47.0 Å². The smallest absolute Gasteiger partial charge is 0.450 e. The lowest BCUT2D eigenvalue weighted by atomic mass is 9.85. The Morgan fingerprint density at radius 1 is 1.20 bits per heavy atom. The lowest BCUT2D eigenvalue weighted by molar-refractivity contribution is 0.0848. The highest BCUT2D eigenvalue weighted by Crippen LogP contribution is 2.41. The first-order valence-electron chi connectivity index (χ1n) is 12.1. The lowest BCUT2D eigenvalue weighted by Gasteiger charge is -2.21. The van der Waals surface area contributed by atoms with E-state index in [2.05, 4.69) is 4.74 Å². The summed E-state index contributed by atoms with van der Waals surface area (Å²) in [6.45, 7) is 11.6. The Balaban J connectivity index is 0.000000521. The number of benzene rings is 1. The standard InChI is InChI=1S/C22H19FN2O4.C3H9N.C2H6/c1-10-6-18-20-14(8-25(18)21(26)15(10)9-29-22(27)28)13-5-3-4-12-11(2)16(23)7-17(24-20)19(12)13;1-3(2)4;1-2/h6-7H,3-5,8-9H2,1-2H3,(H,27,28);3H,4H2,1-2H3;1-2H3. The summed E-state index contributed by atoms with van der Waals surface area (Å²) in [5.41, 5.74) is 11.7. The van der Waals surface area contributed by atoms with E-state index in [1.807, 2.05) is 40.7 Å². The highest BCUT2D eigenvalue weighted by Gasteiger charge is 2.30. The zero-order valence-electron chi connectivity index (χ0n) is 21.3. The van der Waals surface area contributed by atoms with Crippen LogP contribution in [0.2, 0.25) is 0 Å². The van der Waals surface area contributed by atoms with Crippen molar-refractivity contribution in [3.05, 3.63) is 61.7 Å². The van der Waals surface area contributed by atoms with Crippen molar-refractivity contribution in [2.24, 2.45) is 5.73 Å². The van der Waals surface area contributed by atoms with Crippen LogP contribution in [0.4, 0.5) is 9.18 Å². The SMILES string of the molecule is CC.CC(C)N.Cc1cc2n(c(=O)c1COC(=O)O)Cc1c-2nc2cc(F)c(C)c3c2c1CCC3. The van der Waals surface area contributed by atoms with Crippen molar-refractivity contribution in [3.8, 4) is 11.4 Å². The van der Waals surface area contributed by atoms with Gasteiger partial charge in [0.25, 0.3) is 5.56 Å². The van der Waals surface area contributed by atoms with Gasteiger partial charge in [0.05, 0.1) is 29.0 Å². The maximum Gasteiger partial charge on any atom is 0.506 e. The lowest BCUT2D eigenvalue weighted by Crippen LogP contribution is -2.25.